The van der Waals surface area contributed by atoms with Gasteiger partial charge in [-0.1, -0.05) is 255 Å². The van der Waals surface area contributed by atoms with E-state index in [1.807, 2.05) is 141 Å². The fraction of sp³-hybridized carbons (Fsp3) is 0.324. The Morgan fingerprint density at radius 2 is 0.705 bits per heavy atom. The van der Waals surface area contributed by atoms with Crippen LogP contribution in [0.25, 0.3) is 33.4 Å². The van der Waals surface area contributed by atoms with Gasteiger partial charge in [-0.05, 0) is 197 Å². The van der Waals surface area contributed by atoms with Crippen molar-refractivity contribution in [2.24, 2.45) is 21.4 Å². The van der Waals surface area contributed by atoms with E-state index in [1.54, 1.807) is 18.2 Å². The minimum absolute atomic E-state index is 0.0413. The van der Waals surface area contributed by atoms with Gasteiger partial charge >= 0.3 is 17.9 Å². The summed E-state index contributed by atoms with van der Waals surface area (Å²) in [6, 6.07) is 57.1. The Morgan fingerprint density at radius 1 is 0.361 bits per heavy atom. The van der Waals surface area contributed by atoms with E-state index in [-0.39, 0.29) is 57.3 Å². The van der Waals surface area contributed by atoms with Crippen molar-refractivity contribution in [1.29, 1.82) is 0 Å². The molecule has 17 heteroatoms. The molecule has 122 heavy (non-hydrogen) atoms. The van der Waals surface area contributed by atoms with Crippen LogP contribution in [0.5, 0.6) is 0 Å². The van der Waals surface area contributed by atoms with Crippen LogP contribution in [0, 0.1) is 19.8 Å². The number of Topliss-reactive ketones (excluding diaryl/α,β-unsaturated/α-hetero) is 2. The molecule has 17 nitrogen and oxygen atoms in total. The largest absolute Gasteiger partial charge is 0.472 e. The number of ketones is 5. The second-order valence-electron chi connectivity index (χ2n) is 32.9. The van der Waals surface area contributed by atoms with E-state index >= 15 is 0 Å². The van der Waals surface area contributed by atoms with Crippen LogP contribution in [0.15, 0.2) is 242 Å². The number of carbonyl (C=O) groups excluding carboxylic acids is 8. The number of benzene rings is 8. The molecule has 0 spiro atoms. The zero-order valence-electron chi connectivity index (χ0n) is 71.8. The molecule has 4 aliphatic rings. The van der Waals surface area contributed by atoms with E-state index in [1.165, 1.54) is 81.5 Å². The summed E-state index contributed by atoms with van der Waals surface area (Å²) in [4.78, 5) is 118. The van der Waals surface area contributed by atoms with E-state index in [2.05, 4.69) is 87.3 Å². The zero-order valence-corrected chi connectivity index (χ0v) is 71.8. The molecule has 15 rings (SSSR count). The van der Waals surface area contributed by atoms with Crippen LogP contribution >= 0.6 is 0 Å². The Labute approximate surface area is 714 Å². The third kappa shape index (κ3) is 18.2. The number of carbonyl (C=O) groups is 8. The normalized spacial score (nSPS) is 14.4. The molecule has 626 valence electrons. The van der Waals surface area contributed by atoms with Gasteiger partial charge in [0.2, 0.25) is 11.6 Å². The minimum Gasteiger partial charge on any atom is -0.472 e. The van der Waals surface area contributed by atoms with E-state index in [0.29, 0.717) is 68.3 Å². The standard InChI is InChI=1S/C36H35NO5.C35H39NO5.C34H33NO4/c1-5-15-36(16-6-2)31-20-26(34(39)28-14-17-41-22-28)10-12-29(31)30-13-11-27(21-32(30)36)35(40)33(37-42-24(4)38)19-25-9-7-8-23(3)18-25;1-4-16-35(17-5-2)30-20-25(33(38)27-15-18-40-22-27)11-13-28(30)29-14-12-26(21-31(29)35)34(39)32(36-41-23(3)37)19-24-9-7-6-8-10-24;1-5-16-34(17-6-2)30-19-24(32(35-39-23(4)36)27-10-8-7-9-22(27)3)11-13-28(30)29-14-12-25(20-31(29)34)33(37)26-15-18-38-21-26/h7-14,17-18,20-22H,5-6,15-16,19H2,1-4H3;11-15,18,20-22,24H,4-10,16-17,19H2,1-3H3;7-15,18-21H,5-6,16-17H2,1-4H3/b37-33+;36-32+;35-32+. The first-order valence-electron chi connectivity index (χ1n) is 43.1. The molecular formula is C105H107N3O14. The second kappa shape index (κ2) is 38.8. The van der Waals surface area contributed by atoms with E-state index in [4.69, 9.17) is 27.8 Å². The lowest BCUT2D eigenvalue weighted by atomic mass is 9.71. The molecule has 3 aromatic heterocycles. The SMILES string of the molecule is CCCC1(CCC)c2cc(C(=O)/C(CC3CCCCC3)=N/OC(C)=O)ccc2-c2ccc(C(=O)c3ccoc3)cc21.CCCC1(CCC)c2cc(C(=O)/C(Cc3cccc(C)c3)=N/OC(C)=O)ccc2-c2ccc(C(=O)c3ccoc3)cc21.CCCC1(CCC)c2cc(C(=O)c3ccoc3)ccc2-c2ccc(/C(=N\OC(C)=O)c3ccccc3C)cc21. The Bertz CT molecular complexity index is 5810. The molecule has 0 atom stereocenters. The summed E-state index contributed by atoms with van der Waals surface area (Å²) in [5, 5.41) is 12.4. The lowest BCUT2D eigenvalue weighted by Gasteiger charge is -2.32. The number of furan rings is 3. The van der Waals surface area contributed by atoms with Gasteiger partial charge in [0.1, 0.15) is 35.9 Å². The predicted octanol–water partition coefficient (Wildman–Crippen LogP) is 24.5. The maximum atomic E-state index is 13.9. The molecule has 11 aromatic rings. The molecule has 0 saturated heterocycles. The summed E-state index contributed by atoms with van der Waals surface area (Å²) in [6.07, 6.45) is 26.6. The highest BCUT2D eigenvalue weighted by Crippen LogP contribution is 2.58. The first-order valence-corrected chi connectivity index (χ1v) is 43.1. The number of rotatable bonds is 31. The van der Waals surface area contributed by atoms with E-state index in [9.17, 15) is 38.4 Å². The van der Waals surface area contributed by atoms with Crippen molar-refractivity contribution in [3.63, 3.8) is 0 Å². The van der Waals surface area contributed by atoms with Crippen molar-refractivity contribution in [3.05, 3.63) is 319 Å². The maximum Gasteiger partial charge on any atom is 0.332 e. The molecule has 0 bridgehead atoms. The lowest BCUT2D eigenvalue weighted by Crippen LogP contribution is -2.26. The van der Waals surface area contributed by atoms with Crippen LogP contribution in [0.3, 0.4) is 0 Å². The number of aryl methyl sites for hydroxylation is 2. The van der Waals surface area contributed by atoms with Crippen molar-refractivity contribution in [3.8, 4) is 33.4 Å². The van der Waals surface area contributed by atoms with Gasteiger partial charge in [0.15, 0.2) is 17.3 Å². The van der Waals surface area contributed by atoms with Crippen LogP contribution < -0.4 is 0 Å². The van der Waals surface area contributed by atoms with Crippen LogP contribution in [0.2, 0.25) is 0 Å². The first-order chi connectivity index (χ1) is 59.0. The number of nitrogens with zero attached hydrogens (tertiary/aromatic N) is 3. The molecule has 3 heterocycles. The summed E-state index contributed by atoms with van der Waals surface area (Å²) in [6.45, 7) is 21.0. The second-order valence-corrected chi connectivity index (χ2v) is 32.9. The highest BCUT2D eigenvalue weighted by atomic mass is 16.7. The topological polar surface area (TPSA) is 241 Å². The molecular weight excluding hydrogens is 1530 g/mol. The predicted molar refractivity (Wildman–Crippen MR) is 476 cm³/mol. The Balaban J connectivity index is 0.000000158. The molecule has 8 aromatic carbocycles. The van der Waals surface area contributed by atoms with Crippen LogP contribution in [-0.2, 0) is 51.6 Å². The maximum absolute atomic E-state index is 13.9. The number of oxime groups is 3. The minimum atomic E-state index is -0.584. The van der Waals surface area contributed by atoms with Crippen molar-refractivity contribution >= 4 is 64.0 Å². The molecule has 1 saturated carbocycles. The van der Waals surface area contributed by atoms with Gasteiger partial charge in [0, 0.05) is 82.4 Å². The van der Waals surface area contributed by atoms with E-state index < -0.39 is 17.9 Å². The van der Waals surface area contributed by atoms with Gasteiger partial charge in [0.05, 0.1) is 35.5 Å². The van der Waals surface area contributed by atoms with Crippen LogP contribution in [0.4, 0.5) is 0 Å². The Kier molecular flexibility index (Phi) is 27.8. The van der Waals surface area contributed by atoms with Gasteiger partial charge in [-0.2, -0.15) is 0 Å². The zero-order chi connectivity index (χ0) is 86.4. The smallest absolute Gasteiger partial charge is 0.332 e. The number of hydrogen-bond acceptors (Lipinski definition) is 17. The fourth-order valence-electron chi connectivity index (χ4n) is 19.4. The summed E-state index contributed by atoms with van der Waals surface area (Å²) in [7, 11) is 0. The quantitative estimate of drug-likeness (QED) is 0.0170. The Hall–Kier alpha value is -12.6. The van der Waals surface area contributed by atoms with Crippen molar-refractivity contribution in [2.75, 3.05) is 0 Å². The summed E-state index contributed by atoms with van der Waals surface area (Å²) in [5.74, 6) is -1.87. The molecule has 0 unspecified atom stereocenters. The van der Waals surface area contributed by atoms with E-state index in [0.717, 1.165) is 181 Å². The molecule has 0 N–H and O–H groups in total. The third-order valence-electron chi connectivity index (χ3n) is 24.5. The lowest BCUT2D eigenvalue weighted by molar-refractivity contribution is -0.141. The van der Waals surface area contributed by atoms with Crippen LogP contribution in [-0.4, -0.2) is 64.0 Å². The highest BCUT2D eigenvalue weighted by Gasteiger charge is 2.46. The number of fused-ring (bicyclic) bond motifs is 9. The number of hydrogen-bond donors (Lipinski definition) is 0. The Morgan fingerprint density at radius 3 is 1.07 bits per heavy atom. The van der Waals surface area contributed by atoms with Crippen LogP contribution in [0.1, 0.15) is 308 Å². The molecule has 0 radical (unpaired) electrons. The van der Waals surface area contributed by atoms with Crippen molar-refractivity contribution in [1.82, 2.24) is 0 Å². The fourth-order valence-corrected chi connectivity index (χ4v) is 19.4. The van der Waals surface area contributed by atoms with Gasteiger partial charge in [-0.25, -0.2) is 14.4 Å². The van der Waals surface area contributed by atoms with Gasteiger partial charge in [-0.3, -0.25) is 24.0 Å². The monoisotopic (exact) mass is 1630 g/mol. The van der Waals surface area contributed by atoms with Crippen molar-refractivity contribution in [2.45, 2.75) is 214 Å². The summed E-state index contributed by atoms with van der Waals surface area (Å²) >= 11 is 0. The molecule has 1 fully saturated rings. The third-order valence-corrected chi connectivity index (χ3v) is 24.5. The first kappa shape index (κ1) is 87.2. The summed E-state index contributed by atoms with van der Waals surface area (Å²) in [5.41, 5.74) is 23.2. The van der Waals surface area contributed by atoms with Gasteiger partial charge < -0.3 is 27.8 Å². The average molecular weight is 1640 g/mol. The molecule has 0 aliphatic heterocycles. The van der Waals surface area contributed by atoms with Crippen molar-refractivity contribution < 1.29 is 66.1 Å². The van der Waals surface area contributed by atoms with Gasteiger partial charge in [0.25, 0.3) is 0 Å². The highest BCUT2D eigenvalue weighted by molar-refractivity contribution is 6.47. The molecule has 4 aliphatic carbocycles. The summed E-state index contributed by atoms with van der Waals surface area (Å²) < 4.78 is 15.5. The molecule has 0 amide bonds. The van der Waals surface area contributed by atoms with Gasteiger partial charge in [-0.15, -0.1) is 0 Å². The average Bonchev–Trinajstić information content (AvgIpc) is 1.57.